The fourth-order valence-corrected chi connectivity index (χ4v) is 2.11. The number of hydrogen-bond donors (Lipinski definition) is 1. The second kappa shape index (κ2) is 4.41. The standard InChI is InChI=1S/C16H13NO/c18-15-11-12-17(14-9-5-2-6-10-14)16(15)13-7-3-1-4-8-13/h1-12,18H. The first kappa shape index (κ1) is 10.7. The fourth-order valence-electron chi connectivity index (χ4n) is 2.11. The van der Waals surface area contributed by atoms with Crippen LogP contribution in [0.2, 0.25) is 0 Å². The predicted octanol–water partition coefficient (Wildman–Crippen LogP) is 3.85. The molecular weight excluding hydrogens is 222 g/mol. The third-order valence-corrected chi connectivity index (χ3v) is 2.95. The Labute approximate surface area is 106 Å². The van der Waals surface area contributed by atoms with E-state index in [0.29, 0.717) is 5.75 Å². The Morgan fingerprint density at radius 1 is 0.722 bits per heavy atom. The summed E-state index contributed by atoms with van der Waals surface area (Å²) in [5, 5.41) is 10.0. The highest BCUT2D eigenvalue weighted by Gasteiger charge is 2.11. The van der Waals surface area contributed by atoms with Gasteiger partial charge in [0.2, 0.25) is 0 Å². The van der Waals surface area contributed by atoms with E-state index >= 15 is 0 Å². The Morgan fingerprint density at radius 3 is 2.00 bits per heavy atom. The van der Waals surface area contributed by atoms with Crippen LogP contribution in [0.5, 0.6) is 5.75 Å². The van der Waals surface area contributed by atoms with Gasteiger partial charge in [-0.2, -0.15) is 0 Å². The van der Waals surface area contributed by atoms with E-state index < -0.39 is 0 Å². The maximum absolute atomic E-state index is 10.0. The lowest BCUT2D eigenvalue weighted by Gasteiger charge is -2.09. The molecule has 1 N–H and O–H groups in total. The minimum absolute atomic E-state index is 0.296. The van der Waals surface area contributed by atoms with Crippen LogP contribution in [0.15, 0.2) is 72.9 Å². The molecule has 0 atom stereocenters. The number of rotatable bonds is 2. The highest BCUT2D eigenvalue weighted by atomic mass is 16.3. The largest absolute Gasteiger partial charge is 0.506 e. The zero-order valence-corrected chi connectivity index (χ0v) is 9.82. The maximum atomic E-state index is 10.0. The molecule has 1 heterocycles. The summed E-state index contributed by atoms with van der Waals surface area (Å²) >= 11 is 0. The summed E-state index contributed by atoms with van der Waals surface area (Å²) in [6.07, 6.45) is 1.88. The molecule has 18 heavy (non-hydrogen) atoms. The molecule has 0 bridgehead atoms. The Balaban J connectivity index is 2.19. The van der Waals surface area contributed by atoms with Crippen molar-refractivity contribution in [2.75, 3.05) is 0 Å². The predicted molar refractivity (Wildman–Crippen MR) is 72.9 cm³/mol. The molecule has 2 heteroatoms. The molecule has 0 aliphatic carbocycles. The van der Waals surface area contributed by atoms with E-state index in [1.807, 2.05) is 71.4 Å². The summed E-state index contributed by atoms with van der Waals surface area (Å²) in [5.74, 6) is 0.296. The van der Waals surface area contributed by atoms with Crippen LogP contribution in [-0.4, -0.2) is 9.67 Å². The number of aromatic hydroxyl groups is 1. The van der Waals surface area contributed by atoms with Crippen LogP contribution in [0.25, 0.3) is 16.9 Å². The number of benzene rings is 2. The Morgan fingerprint density at radius 2 is 1.33 bits per heavy atom. The van der Waals surface area contributed by atoms with Crippen molar-refractivity contribution < 1.29 is 5.11 Å². The van der Waals surface area contributed by atoms with Gasteiger partial charge < -0.3 is 9.67 Å². The van der Waals surface area contributed by atoms with E-state index in [0.717, 1.165) is 16.9 Å². The lowest BCUT2D eigenvalue weighted by atomic mass is 10.1. The smallest absolute Gasteiger partial charge is 0.141 e. The van der Waals surface area contributed by atoms with Crippen molar-refractivity contribution in [3.63, 3.8) is 0 Å². The molecule has 0 aliphatic heterocycles. The Kier molecular flexibility index (Phi) is 2.61. The molecular formula is C16H13NO. The van der Waals surface area contributed by atoms with Gasteiger partial charge >= 0.3 is 0 Å². The van der Waals surface area contributed by atoms with Crippen LogP contribution in [0, 0.1) is 0 Å². The lowest BCUT2D eigenvalue weighted by Crippen LogP contribution is -1.94. The second-order valence-electron chi connectivity index (χ2n) is 4.12. The average molecular weight is 235 g/mol. The van der Waals surface area contributed by atoms with Crippen LogP contribution in [0.1, 0.15) is 0 Å². The topological polar surface area (TPSA) is 25.2 Å². The first-order valence-corrected chi connectivity index (χ1v) is 5.87. The number of aromatic nitrogens is 1. The Bertz CT molecular complexity index is 641. The third kappa shape index (κ3) is 1.78. The van der Waals surface area contributed by atoms with Gasteiger partial charge in [-0.25, -0.2) is 0 Å². The van der Waals surface area contributed by atoms with Crippen LogP contribution in [0.4, 0.5) is 0 Å². The summed E-state index contributed by atoms with van der Waals surface area (Å²) < 4.78 is 1.99. The van der Waals surface area contributed by atoms with Crippen LogP contribution < -0.4 is 0 Å². The maximum Gasteiger partial charge on any atom is 0.141 e. The first-order valence-electron chi connectivity index (χ1n) is 5.87. The van der Waals surface area contributed by atoms with Crippen LogP contribution in [-0.2, 0) is 0 Å². The number of hydrogen-bond acceptors (Lipinski definition) is 1. The molecule has 2 nitrogen and oxygen atoms in total. The molecule has 1 aromatic heterocycles. The van der Waals surface area contributed by atoms with Gasteiger partial charge in [0.1, 0.15) is 5.75 Å². The zero-order chi connectivity index (χ0) is 12.4. The molecule has 0 unspecified atom stereocenters. The summed E-state index contributed by atoms with van der Waals surface area (Å²) in [6.45, 7) is 0. The molecule has 0 spiro atoms. The molecule has 3 aromatic rings. The molecule has 0 aliphatic rings. The minimum Gasteiger partial charge on any atom is -0.506 e. The van der Waals surface area contributed by atoms with Crippen molar-refractivity contribution in [1.29, 1.82) is 0 Å². The molecule has 2 aromatic carbocycles. The summed E-state index contributed by atoms with van der Waals surface area (Å²) in [4.78, 5) is 0. The first-order chi connectivity index (χ1) is 8.86. The van der Waals surface area contributed by atoms with E-state index in [-0.39, 0.29) is 0 Å². The van der Waals surface area contributed by atoms with Gasteiger partial charge in [0, 0.05) is 17.4 Å². The van der Waals surface area contributed by atoms with Crippen molar-refractivity contribution in [3.05, 3.63) is 72.9 Å². The lowest BCUT2D eigenvalue weighted by molar-refractivity contribution is 0.477. The molecule has 3 rings (SSSR count). The molecule has 88 valence electrons. The molecule has 0 saturated carbocycles. The van der Waals surface area contributed by atoms with E-state index in [2.05, 4.69) is 0 Å². The minimum atomic E-state index is 0.296. The highest BCUT2D eigenvalue weighted by molar-refractivity contribution is 5.69. The molecule has 0 saturated heterocycles. The van der Waals surface area contributed by atoms with Crippen LogP contribution in [0.3, 0.4) is 0 Å². The van der Waals surface area contributed by atoms with E-state index in [4.69, 9.17) is 0 Å². The van der Waals surface area contributed by atoms with Crippen molar-refractivity contribution in [3.8, 4) is 22.7 Å². The summed E-state index contributed by atoms with van der Waals surface area (Å²) in [5.41, 5.74) is 2.86. The van der Waals surface area contributed by atoms with Gasteiger partial charge in [-0.15, -0.1) is 0 Å². The van der Waals surface area contributed by atoms with Gasteiger partial charge in [-0.05, 0) is 18.2 Å². The molecule has 0 radical (unpaired) electrons. The monoisotopic (exact) mass is 235 g/mol. The highest BCUT2D eigenvalue weighted by Crippen LogP contribution is 2.32. The number of para-hydroxylation sites is 1. The normalized spacial score (nSPS) is 10.4. The SMILES string of the molecule is Oc1ccn(-c2ccccc2)c1-c1ccccc1. The quantitative estimate of drug-likeness (QED) is 0.717. The van der Waals surface area contributed by atoms with Crippen molar-refractivity contribution in [1.82, 2.24) is 4.57 Å². The van der Waals surface area contributed by atoms with Crippen molar-refractivity contribution in [2.24, 2.45) is 0 Å². The van der Waals surface area contributed by atoms with E-state index in [9.17, 15) is 5.11 Å². The zero-order valence-electron chi connectivity index (χ0n) is 9.82. The molecule has 0 fully saturated rings. The van der Waals surface area contributed by atoms with E-state index in [1.54, 1.807) is 6.07 Å². The average Bonchev–Trinajstić information content (AvgIpc) is 2.83. The summed E-state index contributed by atoms with van der Waals surface area (Å²) in [6, 6.07) is 21.6. The fraction of sp³-hybridized carbons (Fsp3) is 0. The van der Waals surface area contributed by atoms with Crippen LogP contribution >= 0.6 is 0 Å². The van der Waals surface area contributed by atoms with Crippen molar-refractivity contribution in [2.45, 2.75) is 0 Å². The van der Waals surface area contributed by atoms with E-state index in [1.165, 1.54) is 0 Å². The summed E-state index contributed by atoms with van der Waals surface area (Å²) in [7, 11) is 0. The van der Waals surface area contributed by atoms with Crippen molar-refractivity contribution >= 4 is 0 Å². The van der Waals surface area contributed by atoms with Gasteiger partial charge in [0.05, 0.1) is 5.69 Å². The third-order valence-electron chi connectivity index (χ3n) is 2.95. The number of nitrogens with zero attached hydrogens (tertiary/aromatic N) is 1. The van der Waals surface area contributed by atoms with Gasteiger partial charge in [-0.1, -0.05) is 48.5 Å². The van der Waals surface area contributed by atoms with Gasteiger partial charge in [0.15, 0.2) is 0 Å². The Hall–Kier alpha value is -2.48. The second-order valence-corrected chi connectivity index (χ2v) is 4.12. The molecule has 0 amide bonds. The van der Waals surface area contributed by atoms with Gasteiger partial charge in [0.25, 0.3) is 0 Å². The van der Waals surface area contributed by atoms with Gasteiger partial charge in [-0.3, -0.25) is 0 Å².